The molecule has 0 saturated heterocycles. The first-order chi connectivity index (χ1) is 15.0. The average Bonchev–Trinajstić information content (AvgIpc) is 3.35. The van der Waals surface area contributed by atoms with Crippen LogP contribution in [0.1, 0.15) is 40.4 Å². The Balaban J connectivity index is 1.50. The van der Waals surface area contributed by atoms with Gasteiger partial charge in [-0.2, -0.15) is 10.4 Å². The monoisotopic (exact) mass is 414 g/mol. The topological polar surface area (TPSA) is 100 Å². The van der Waals surface area contributed by atoms with E-state index in [4.69, 9.17) is 5.26 Å². The van der Waals surface area contributed by atoms with Crippen LogP contribution in [0.25, 0.3) is 5.69 Å². The first-order valence-electron chi connectivity index (χ1n) is 10.2. The van der Waals surface area contributed by atoms with Crippen LogP contribution < -0.4 is 10.5 Å². The molecule has 1 aliphatic rings. The van der Waals surface area contributed by atoms with Gasteiger partial charge >= 0.3 is 0 Å². The molecule has 0 radical (unpaired) electrons. The van der Waals surface area contributed by atoms with Crippen molar-refractivity contribution in [2.45, 2.75) is 38.8 Å². The van der Waals surface area contributed by atoms with Gasteiger partial charge < -0.3 is 15.8 Å². The molecular formula is C24H24N5O2-. The van der Waals surface area contributed by atoms with E-state index in [1.807, 2.05) is 38.1 Å². The lowest BCUT2D eigenvalue weighted by Gasteiger charge is -2.24. The van der Waals surface area contributed by atoms with Gasteiger partial charge in [0.25, 0.3) is 0 Å². The van der Waals surface area contributed by atoms with Crippen LogP contribution in [0.4, 0.5) is 5.69 Å². The molecule has 7 nitrogen and oxygen atoms in total. The molecule has 158 valence electrons. The second kappa shape index (κ2) is 8.74. The number of hydrogen-bond donors (Lipinski definition) is 2. The van der Waals surface area contributed by atoms with Crippen LogP contribution in [0.5, 0.6) is 0 Å². The number of aromatic nitrogens is 2. The third-order valence-electron chi connectivity index (χ3n) is 5.74. The molecule has 1 aromatic heterocycles. The molecule has 0 aliphatic heterocycles. The van der Waals surface area contributed by atoms with Crippen LogP contribution in [0.2, 0.25) is 0 Å². The number of para-hydroxylation sites is 2. The summed E-state index contributed by atoms with van der Waals surface area (Å²) in [6, 6.07) is 16.9. The number of rotatable bonds is 6. The van der Waals surface area contributed by atoms with Crippen molar-refractivity contribution in [3.8, 4) is 11.8 Å². The Morgan fingerprint density at radius 3 is 2.81 bits per heavy atom. The maximum atomic E-state index is 11.6. The molecule has 31 heavy (non-hydrogen) atoms. The summed E-state index contributed by atoms with van der Waals surface area (Å²) in [5, 5.41) is 38.2. The molecule has 0 saturated carbocycles. The van der Waals surface area contributed by atoms with Gasteiger partial charge in [0.1, 0.15) is 0 Å². The second-order valence-electron chi connectivity index (χ2n) is 7.78. The second-order valence-corrected chi connectivity index (χ2v) is 7.78. The first-order valence-corrected chi connectivity index (χ1v) is 10.2. The van der Waals surface area contributed by atoms with Crippen molar-refractivity contribution in [3.63, 3.8) is 0 Å². The van der Waals surface area contributed by atoms with Gasteiger partial charge in [-0.25, -0.2) is 4.68 Å². The zero-order chi connectivity index (χ0) is 22.0. The van der Waals surface area contributed by atoms with Gasteiger partial charge in [0.2, 0.25) is 0 Å². The maximum absolute atomic E-state index is 11.6. The van der Waals surface area contributed by atoms with Crippen LogP contribution >= 0.6 is 0 Å². The van der Waals surface area contributed by atoms with Gasteiger partial charge in [-0.3, -0.25) is 5.21 Å². The minimum Gasteiger partial charge on any atom is -0.733 e. The lowest BCUT2D eigenvalue weighted by Crippen LogP contribution is -2.25. The molecule has 7 heteroatoms. The highest BCUT2D eigenvalue weighted by molar-refractivity contribution is 5.62. The third-order valence-corrected chi connectivity index (χ3v) is 5.74. The van der Waals surface area contributed by atoms with Crippen LogP contribution in [0.3, 0.4) is 0 Å². The number of nitrogens with zero attached hydrogens (tertiary/aromatic N) is 4. The third kappa shape index (κ3) is 4.23. The van der Waals surface area contributed by atoms with E-state index in [0.29, 0.717) is 17.8 Å². The highest BCUT2D eigenvalue weighted by atomic mass is 16.8. The number of aryl methyl sites for hydroxylation is 1. The van der Waals surface area contributed by atoms with E-state index >= 15 is 0 Å². The molecule has 0 amide bonds. The molecule has 0 spiro atoms. The number of anilines is 1. The van der Waals surface area contributed by atoms with E-state index in [2.05, 4.69) is 28.6 Å². The fourth-order valence-corrected chi connectivity index (χ4v) is 4.30. The zero-order valence-electron chi connectivity index (χ0n) is 17.5. The molecular weight excluding hydrogens is 390 g/mol. The summed E-state index contributed by atoms with van der Waals surface area (Å²) in [7, 11) is 0. The van der Waals surface area contributed by atoms with E-state index in [0.717, 1.165) is 28.9 Å². The van der Waals surface area contributed by atoms with E-state index in [9.17, 15) is 10.4 Å². The van der Waals surface area contributed by atoms with E-state index in [1.165, 1.54) is 0 Å². The number of hydrogen-bond acceptors (Lipinski definition) is 6. The predicted molar refractivity (Wildman–Crippen MR) is 119 cm³/mol. The van der Waals surface area contributed by atoms with Crippen LogP contribution in [0.15, 0.2) is 60.7 Å². The molecule has 2 atom stereocenters. The van der Waals surface area contributed by atoms with Gasteiger partial charge in [0.15, 0.2) is 0 Å². The SMILES string of the molecule is Cc1nn(-c2ccccc2N([O-])O)c(C)c1[C@@H]1C=C[C@@H](NCc2cccc(C#N)c2)C1. The lowest BCUT2D eigenvalue weighted by atomic mass is 9.96. The average molecular weight is 414 g/mol. The first kappa shape index (κ1) is 20.8. The summed E-state index contributed by atoms with van der Waals surface area (Å²) in [6.07, 6.45) is 5.28. The fraction of sp³-hybridized carbons (Fsp3) is 0.250. The summed E-state index contributed by atoms with van der Waals surface area (Å²) >= 11 is 0. The van der Waals surface area contributed by atoms with Crippen molar-refractivity contribution in [1.29, 1.82) is 5.26 Å². The summed E-state index contributed by atoms with van der Waals surface area (Å²) in [6.45, 7) is 4.65. The Kier molecular flexibility index (Phi) is 5.87. The number of nitrogens with one attached hydrogen (secondary N) is 1. The number of allylic oxidation sites excluding steroid dienone is 1. The Labute approximate surface area is 181 Å². The Bertz CT molecular complexity index is 1160. The van der Waals surface area contributed by atoms with Crippen molar-refractivity contribution < 1.29 is 5.21 Å². The Hall–Kier alpha value is -3.44. The van der Waals surface area contributed by atoms with Crippen molar-refractivity contribution in [2.24, 2.45) is 0 Å². The van der Waals surface area contributed by atoms with Gasteiger partial charge in [-0.05, 0) is 50.1 Å². The molecule has 0 unspecified atom stereocenters. The molecule has 0 bridgehead atoms. The minimum absolute atomic E-state index is 0.123. The zero-order valence-corrected chi connectivity index (χ0v) is 17.5. The molecule has 3 aromatic rings. The number of nitriles is 1. The van der Waals surface area contributed by atoms with Crippen LogP contribution in [0, 0.1) is 30.4 Å². The van der Waals surface area contributed by atoms with E-state index < -0.39 is 0 Å². The molecule has 1 heterocycles. The standard InChI is InChI=1S/C24H24N5O2/c1-16-24(17(2)28(27-16)22-8-3-4-9-23(22)29(30)31)20-10-11-21(13-20)26-15-19-7-5-6-18(12-19)14-25/h3-12,20-21,26,30H,13,15H2,1-2H3/q-1/t20-,21-/m1/s1. The van der Waals surface area contributed by atoms with Crippen LogP contribution in [-0.2, 0) is 6.54 Å². The molecule has 4 rings (SSSR count). The van der Waals surface area contributed by atoms with Crippen molar-refractivity contribution in [3.05, 3.63) is 94.0 Å². The van der Waals surface area contributed by atoms with Gasteiger partial charge in [-0.15, -0.1) is 0 Å². The molecule has 2 aromatic carbocycles. The molecule has 2 N–H and O–H groups in total. The maximum Gasteiger partial charge on any atom is 0.0991 e. The summed E-state index contributed by atoms with van der Waals surface area (Å²) in [5.74, 6) is 0.210. The van der Waals surface area contributed by atoms with Gasteiger partial charge in [-0.1, -0.05) is 36.4 Å². The van der Waals surface area contributed by atoms with E-state index in [-0.39, 0.29) is 22.9 Å². The van der Waals surface area contributed by atoms with Crippen LogP contribution in [-0.4, -0.2) is 21.0 Å². The minimum atomic E-state index is -0.123. The Morgan fingerprint density at radius 2 is 2.03 bits per heavy atom. The lowest BCUT2D eigenvalue weighted by molar-refractivity contribution is 0.296. The highest BCUT2D eigenvalue weighted by Crippen LogP contribution is 2.35. The van der Waals surface area contributed by atoms with E-state index in [1.54, 1.807) is 28.9 Å². The number of benzene rings is 2. The van der Waals surface area contributed by atoms with Crippen molar-refractivity contribution >= 4 is 5.69 Å². The van der Waals surface area contributed by atoms with Crippen molar-refractivity contribution in [1.82, 2.24) is 15.1 Å². The fourth-order valence-electron chi connectivity index (χ4n) is 4.30. The predicted octanol–water partition coefficient (Wildman–Crippen LogP) is 4.26. The molecule has 1 aliphatic carbocycles. The molecule has 0 fully saturated rings. The van der Waals surface area contributed by atoms with Gasteiger partial charge in [0.05, 0.1) is 28.7 Å². The highest BCUT2D eigenvalue weighted by Gasteiger charge is 2.26. The van der Waals surface area contributed by atoms with Crippen molar-refractivity contribution in [2.75, 3.05) is 5.23 Å². The Morgan fingerprint density at radius 1 is 1.23 bits per heavy atom. The largest absolute Gasteiger partial charge is 0.733 e. The summed E-state index contributed by atoms with van der Waals surface area (Å²) in [4.78, 5) is 0. The normalized spacial score (nSPS) is 17.6. The quantitative estimate of drug-likeness (QED) is 0.462. The van der Waals surface area contributed by atoms with Gasteiger partial charge in [0, 0.05) is 29.8 Å². The smallest absolute Gasteiger partial charge is 0.0991 e. The summed E-state index contributed by atoms with van der Waals surface area (Å²) < 4.78 is 1.73. The summed E-state index contributed by atoms with van der Waals surface area (Å²) in [5.41, 5.74) is 5.43.